The minimum atomic E-state index is 0.541. The molecule has 1 aromatic rings. The number of piperidine rings is 1. The monoisotopic (exact) mass is 289 g/mol. The Morgan fingerprint density at radius 3 is 2.62 bits per heavy atom. The molecule has 21 heavy (non-hydrogen) atoms. The Bertz CT molecular complexity index is 413. The first-order chi connectivity index (χ1) is 10.1. The van der Waals surface area contributed by atoms with Crippen molar-refractivity contribution in [2.24, 2.45) is 5.92 Å². The number of nitrogens with zero attached hydrogens (tertiary/aromatic N) is 2. The van der Waals surface area contributed by atoms with Crippen LogP contribution in [-0.4, -0.2) is 49.6 Å². The summed E-state index contributed by atoms with van der Waals surface area (Å²) in [6.07, 6.45) is 2.69. The van der Waals surface area contributed by atoms with Crippen molar-refractivity contribution in [1.29, 1.82) is 0 Å². The Morgan fingerprint density at radius 2 is 2.00 bits per heavy atom. The van der Waals surface area contributed by atoms with Gasteiger partial charge in [0, 0.05) is 24.8 Å². The molecule has 3 nitrogen and oxygen atoms in total. The third-order valence-corrected chi connectivity index (χ3v) is 4.54. The van der Waals surface area contributed by atoms with E-state index in [0.29, 0.717) is 6.04 Å². The normalized spacial score (nSPS) is 21.5. The third-order valence-electron chi connectivity index (χ3n) is 4.54. The summed E-state index contributed by atoms with van der Waals surface area (Å²) in [6.45, 7) is 9.30. The van der Waals surface area contributed by atoms with E-state index >= 15 is 0 Å². The third kappa shape index (κ3) is 5.01. The molecule has 1 aromatic carbocycles. The van der Waals surface area contributed by atoms with Crippen LogP contribution in [0.2, 0.25) is 0 Å². The van der Waals surface area contributed by atoms with Crippen LogP contribution in [0.1, 0.15) is 32.3 Å². The van der Waals surface area contributed by atoms with Gasteiger partial charge < -0.3 is 15.1 Å². The predicted octanol–water partition coefficient (Wildman–Crippen LogP) is 3.28. The van der Waals surface area contributed by atoms with Crippen LogP contribution in [0.15, 0.2) is 24.3 Å². The maximum absolute atomic E-state index is 3.70. The molecule has 2 atom stereocenters. The Balaban J connectivity index is 1.88. The van der Waals surface area contributed by atoms with Crippen LogP contribution in [0.4, 0.5) is 5.69 Å². The first-order valence-corrected chi connectivity index (χ1v) is 8.31. The second-order valence-corrected chi connectivity index (χ2v) is 6.66. The highest BCUT2D eigenvalue weighted by molar-refractivity contribution is 5.45. The van der Waals surface area contributed by atoms with Crippen LogP contribution in [0.3, 0.4) is 0 Å². The number of likely N-dealkylation sites (tertiary alicyclic amines) is 1. The average Bonchev–Trinajstić information content (AvgIpc) is 2.49. The van der Waals surface area contributed by atoms with E-state index in [1.54, 1.807) is 0 Å². The molecule has 0 aromatic heterocycles. The number of nitrogens with one attached hydrogen (secondary N) is 1. The lowest BCUT2D eigenvalue weighted by Crippen LogP contribution is -2.41. The molecule has 1 saturated heterocycles. The first kappa shape index (κ1) is 16.3. The summed E-state index contributed by atoms with van der Waals surface area (Å²) in [5, 5.41) is 3.70. The summed E-state index contributed by atoms with van der Waals surface area (Å²) >= 11 is 0. The molecule has 2 rings (SSSR count). The molecule has 0 bridgehead atoms. The zero-order valence-corrected chi connectivity index (χ0v) is 14.1. The fraction of sp³-hybridized carbons (Fsp3) is 0.667. The van der Waals surface area contributed by atoms with Gasteiger partial charge in [0.25, 0.3) is 0 Å². The zero-order chi connectivity index (χ0) is 15.2. The Hall–Kier alpha value is -1.06. The van der Waals surface area contributed by atoms with Crippen LogP contribution in [0.25, 0.3) is 0 Å². The minimum Gasteiger partial charge on any atom is -0.382 e. The van der Waals surface area contributed by atoms with Gasteiger partial charge in [0.1, 0.15) is 0 Å². The summed E-state index contributed by atoms with van der Waals surface area (Å²) < 4.78 is 0. The molecule has 0 saturated carbocycles. The fourth-order valence-corrected chi connectivity index (χ4v) is 3.24. The van der Waals surface area contributed by atoms with Gasteiger partial charge in [0.2, 0.25) is 0 Å². The van der Waals surface area contributed by atoms with Gasteiger partial charge >= 0.3 is 0 Å². The number of rotatable bonds is 6. The van der Waals surface area contributed by atoms with Gasteiger partial charge in [-0.3, -0.25) is 0 Å². The molecule has 2 unspecified atom stereocenters. The van der Waals surface area contributed by atoms with Crippen molar-refractivity contribution in [3.05, 3.63) is 29.8 Å². The van der Waals surface area contributed by atoms with Gasteiger partial charge in [-0.15, -0.1) is 0 Å². The Kier molecular flexibility index (Phi) is 6.07. The number of anilines is 1. The largest absolute Gasteiger partial charge is 0.382 e. The molecule has 3 heteroatoms. The molecular weight excluding hydrogens is 258 g/mol. The van der Waals surface area contributed by atoms with Gasteiger partial charge in [-0.25, -0.2) is 0 Å². The van der Waals surface area contributed by atoms with Crippen molar-refractivity contribution < 1.29 is 0 Å². The van der Waals surface area contributed by atoms with Gasteiger partial charge in [-0.05, 0) is 70.6 Å². The van der Waals surface area contributed by atoms with Crippen molar-refractivity contribution in [2.75, 3.05) is 39.0 Å². The molecule has 1 aliphatic rings. The van der Waals surface area contributed by atoms with E-state index in [-0.39, 0.29) is 0 Å². The molecular formula is C18H31N3. The topological polar surface area (TPSA) is 18.5 Å². The molecule has 1 fully saturated rings. The van der Waals surface area contributed by atoms with E-state index < -0.39 is 0 Å². The second kappa shape index (κ2) is 7.81. The van der Waals surface area contributed by atoms with E-state index in [2.05, 4.69) is 67.3 Å². The molecule has 0 aliphatic carbocycles. The highest BCUT2D eigenvalue weighted by Crippen LogP contribution is 2.22. The van der Waals surface area contributed by atoms with Crippen LogP contribution in [0.5, 0.6) is 0 Å². The molecule has 1 aliphatic heterocycles. The smallest absolute Gasteiger partial charge is 0.0342 e. The molecule has 1 heterocycles. The summed E-state index contributed by atoms with van der Waals surface area (Å²) in [6, 6.07) is 9.44. The number of benzene rings is 1. The standard InChI is InChI=1S/C18H31N3/c1-5-21-12-6-7-17(14-21)15(2)19-18-10-8-16(9-11-18)13-20(3)4/h8-11,15,17,19H,5-7,12-14H2,1-4H3. The van der Waals surface area contributed by atoms with Gasteiger partial charge in [0.15, 0.2) is 0 Å². The first-order valence-electron chi connectivity index (χ1n) is 8.31. The van der Waals surface area contributed by atoms with Crippen molar-refractivity contribution in [2.45, 2.75) is 39.3 Å². The van der Waals surface area contributed by atoms with Crippen molar-refractivity contribution >= 4 is 5.69 Å². The summed E-state index contributed by atoms with van der Waals surface area (Å²) in [5.41, 5.74) is 2.62. The van der Waals surface area contributed by atoms with Gasteiger partial charge in [-0.2, -0.15) is 0 Å². The summed E-state index contributed by atoms with van der Waals surface area (Å²) in [5.74, 6) is 0.764. The lowest BCUT2D eigenvalue weighted by Gasteiger charge is -2.35. The Labute approximate surface area is 130 Å². The second-order valence-electron chi connectivity index (χ2n) is 6.66. The van der Waals surface area contributed by atoms with E-state index in [0.717, 1.165) is 12.5 Å². The maximum atomic E-state index is 3.70. The van der Waals surface area contributed by atoms with E-state index in [4.69, 9.17) is 0 Å². The quantitative estimate of drug-likeness (QED) is 0.867. The van der Waals surface area contributed by atoms with Crippen LogP contribution >= 0.6 is 0 Å². The predicted molar refractivity (Wildman–Crippen MR) is 91.8 cm³/mol. The highest BCUT2D eigenvalue weighted by atomic mass is 15.1. The molecule has 118 valence electrons. The zero-order valence-electron chi connectivity index (χ0n) is 14.1. The van der Waals surface area contributed by atoms with Gasteiger partial charge in [0.05, 0.1) is 0 Å². The van der Waals surface area contributed by atoms with Crippen molar-refractivity contribution in [3.63, 3.8) is 0 Å². The SMILES string of the molecule is CCN1CCCC(C(C)Nc2ccc(CN(C)C)cc2)C1. The van der Waals surface area contributed by atoms with Crippen LogP contribution < -0.4 is 5.32 Å². The summed E-state index contributed by atoms with van der Waals surface area (Å²) in [4.78, 5) is 4.78. The number of hydrogen-bond donors (Lipinski definition) is 1. The van der Waals surface area contributed by atoms with E-state index in [9.17, 15) is 0 Å². The number of hydrogen-bond acceptors (Lipinski definition) is 3. The highest BCUT2D eigenvalue weighted by Gasteiger charge is 2.23. The van der Waals surface area contributed by atoms with Gasteiger partial charge in [-0.1, -0.05) is 19.1 Å². The molecule has 1 N–H and O–H groups in total. The lowest BCUT2D eigenvalue weighted by molar-refractivity contribution is 0.172. The lowest BCUT2D eigenvalue weighted by atomic mass is 9.91. The maximum Gasteiger partial charge on any atom is 0.0342 e. The molecule has 0 radical (unpaired) electrons. The van der Waals surface area contributed by atoms with Crippen LogP contribution in [0, 0.1) is 5.92 Å². The molecule has 0 spiro atoms. The fourth-order valence-electron chi connectivity index (χ4n) is 3.24. The minimum absolute atomic E-state index is 0.541. The van der Waals surface area contributed by atoms with Crippen molar-refractivity contribution in [1.82, 2.24) is 9.80 Å². The van der Waals surface area contributed by atoms with E-state index in [1.807, 2.05) is 0 Å². The van der Waals surface area contributed by atoms with Crippen molar-refractivity contribution in [3.8, 4) is 0 Å². The summed E-state index contributed by atoms with van der Waals surface area (Å²) in [7, 11) is 4.22. The van der Waals surface area contributed by atoms with E-state index in [1.165, 1.54) is 43.7 Å². The molecule has 0 amide bonds. The average molecular weight is 289 g/mol. The van der Waals surface area contributed by atoms with Crippen LogP contribution in [-0.2, 0) is 6.54 Å². The Morgan fingerprint density at radius 1 is 1.29 bits per heavy atom.